The Hall–Kier alpha value is -2.73. The van der Waals surface area contributed by atoms with Crippen LogP contribution < -0.4 is 19.1 Å². The number of methoxy groups -OCH3 is 2. The van der Waals surface area contributed by atoms with Crippen LogP contribution in [0.2, 0.25) is 0 Å². The number of rotatable bonds is 6. The number of fused-ring (bicyclic) bond motifs is 1. The summed E-state index contributed by atoms with van der Waals surface area (Å²) >= 11 is 0. The van der Waals surface area contributed by atoms with Crippen molar-refractivity contribution < 1.29 is 24.1 Å². The number of nitrogens with zero attached hydrogens (tertiary/aromatic N) is 1. The molecule has 0 fully saturated rings. The van der Waals surface area contributed by atoms with Gasteiger partial charge in [-0.25, -0.2) is 0 Å². The minimum absolute atomic E-state index is 0.108. The molecule has 25 heavy (non-hydrogen) atoms. The predicted molar refractivity (Wildman–Crippen MR) is 93.3 cm³/mol. The van der Waals surface area contributed by atoms with E-state index in [2.05, 4.69) is 0 Å². The molecule has 2 aromatic rings. The van der Waals surface area contributed by atoms with Crippen LogP contribution in [0.1, 0.15) is 12.0 Å². The van der Waals surface area contributed by atoms with Crippen LogP contribution in [0.25, 0.3) is 0 Å². The topological polar surface area (TPSA) is 68.2 Å². The monoisotopic (exact) mass is 343 g/mol. The number of aliphatic hydroxyl groups is 1. The Morgan fingerprint density at radius 2 is 1.88 bits per heavy atom. The van der Waals surface area contributed by atoms with E-state index in [-0.39, 0.29) is 18.9 Å². The molecule has 0 bridgehead atoms. The molecular formula is C19H21NO5. The van der Waals surface area contributed by atoms with Crippen molar-refractivity contribution in [2.45, 2.75) is 19.1 Å². The second kappa shape index (κ2) is 7.44. The highest BCUT2D eigenvalue weighted by Gasteiger charge is 2.33. The third-order valence-electron chi connectivity index (χ3n) is 4.15. The van der Waals surface area contributed by atoms with E-state index in [9.17, 15) is 9.90 Å². The molecule has 0 radical (unpaired) electrons. The van der Waals surface area contributed by atoms with Crippen LogP contribution in [-0.4, -0.2) is 37.9 Å². The van der Waals surface area contributed by atoms with E-state index in [0.29, 0.717) is 23.8 Å². The molecule has 1 amide bonds. The van der Waals surface area contributed by atoms with E-state index in [1.54, 1.807) is 19.1 Å². The number of aliphatic hydroxyl groups excluding tert-OH is 1. The maximum Gasteiger partial charge on any atom is 0.268 e. The summed E-state index contributed by atoms with van der Waals surface area (Å²) in [7, 11) is 3.16. The van der Waals surface area contributed by atoms with E-state index < -0.39 is 6.10 Å². The van der Waals surface area contributed by atoms with Crippen molar-refractivity contribution in [3.05, 3.63) is 48.0 Å². The number of amides is 1. The lowest BCUT2D eigenvalue weighted by Gasteiger charge is -2.34. The lowest BCUT2D eigenvalue weighted by atomic mass is 10.1. The molecule has 2 aromatic carbocycles. The van der Waals surface area contributed by atoms with E-state index in [0.717, 1.165) is 11.3 Å². The summed E-state index contributed by atoms with van der Waals surface area (Å²) in [6.07, 6.45) is -0.421. The van der Waals surface area contributed by atoms with Gasteiger partial charge in [-0.05, 0) is 29.8 Å². The minimum Gasteiger partial charge on any atom is -0.493 e. The van der Waals surface area contributed by atoms with Crippen LogP contribution in [-0.2, 0) is 11.3 Å². The van der Waals surface area contributed by atoms with Crippen molar-refractivity contribution >= 4 is 11.6 Å². The van der Waals surface area contributed by atoms with E-state index in [1.807, 2.05) is 42.5 Å². The van der Waals surface area contributed by atoms with Gasteiger partial charge in [-0.1, -0.05) is 18.2 Å². The minimum atomic E-state index is -0.681. The number of hydrogen-bond donors (Lipinski definition) is 1. The van der Waals surface area contributed by atoms with Gasteiger partial charge in [0.1, 0.15) is 5.75 Å². The number of para-hydroxylation sites is 2. The summed E-state index contributed by atoms with van der Waals surface area (Å²) in [6, 6.07) is 13.0. The summed E-state index contributed by atoms with van der Waals surface area (Å²) in [4.78, 5) is 14.5. The molecule has 0 aromatic heterocycles. The second-order valence-electron chi connectivity index (χ2n) is 5.70. The summed E-state index contributed by atoms with van der Waals surface area (Å²) in [5.41, 5.74) is 1.63. The summed E-state index contributed by atoms with van der Waals surface area (Å²) < 4.78 is 16.3. The van der Waals surface area contributed by atoms with Crippen molar-refractivity contribution in [3.8, 4) is 17.2 Å². The molecule has 1 heterocycles. The van der Waals surface area contributed by atoms with Gasteiger partial charge in [-0.3, -0.25) is 4.79 Å². The lowest BCUT2D eigenvalue weighted by molar-refractivity contribution is -0.127. The van der Waals surface area contributed by atoms with Gasteiger partial charge >= 0.3 is 0 Å². The fourth-order valence-electron chi connectivity index (χ4n) is 2.90. The van der Waals surface area contributed by atoms with Gasteiger partial charge in [0.15, 0.2) is 17.6 Å². The molecule has 1 unspecified atom stereocenters. The molecule has 6 nitrogen and oxygen atoms in total. The predicted octanol–water partition coefficient (Wildman–Crippen LogP) is 2.38. The largest absolute Gasteiger partial charge is 0.493 e. The number of hydrogen-bond acceptors (Lipinski definition) is 5. The summed E-state index contributed by atoms with van der Waals surface area (Å²) in [5, 5.41) is 9.21. The fraction of sp³-hybridized carbons (Fsp3) is 0.316. The van der Waals surface area contributed by atoms with Crippen LogP contribution in [0.15, 0.2) is 42.5 Å². The smallest absolute Gasteiger partial charge is 0.268 e. The molecule has 0 aliphatic carbocycles. The first-order chi connectivity index (χ1) is 12.2. The van der Waals surface area contributed by atoms with Crippen LogP contribution in [0.4, 0.5) is 5.69 Å². The van der Waals surface area contributed by atoms with Crippen LogP contribution in [0.5, 0.6) is 17.2 Å². The highest BCUT2D eigenvalue weighted by molar-refractivity contribution is 5.99. The van der Waals surface area contributed by atoms with Gasteiger partial charge in [0, 0.05) is 13.0 Å². The van der Waals surface area contributed by atoms with Crippen molar-refractivity contribution in [3.63, 3.8) is 0 Å². The normalized spacial score (nSPS) is 16.2. The van der Waals surface area contributed by atoms with E-state index in [4.69, 9.17) is 14.2 Å². The Kier molecular flexibility index (Phi) is 5.09. The number of carbonyl (C=O) groups excluding carboxylic acids is 1. The average molecular weight is 343 g/mol. The van der Waals surface area contributed by atoms with Gasteiger partial charge in [0.05, 0.1) is 26.5 Å². The SMILES string of the molecule is COc1ccc(CN2C(=O)C(CCO)Oc3ccccc32)cc1OC. The van der Waals surface area contributed by atoms with Crippen molar-refractivity contribution in [2.75, 3.05) is 25.7 Å². The first-order valence-electron chi connectivity index (χ1n) is 8.06. The third-order valence-corrected chi connectivity index (χ3v) is 4.15. The summed E-state index contributed by atoms with van der Waals surface area (Å²) in [6.45, 7) is 0.268. The Morgan fingerprint density at radius 1 is 1.12 bits per heavy atom. The van der Waals surface area contributed by atoms with E-state index in [1.165, 1.54) is 0 Å². The number of carbonyl (C=O) groups is 1. The zero-order valence-corrected chi connectivity index (χ0v) is 14.3. The maximum atomic E-state index is 12.8. The van der Waals surface area contributed by atoms with Gasteiger partial charge in [-0.2, -0.15) is 0 Å². The zero-order valence-electron chi connectivity index (χ0n) is 14.3. The molecule has 6 heteroatoms. The first-order valence-corrected chi connectivity index (χ1v) is 8.06. The van der Waals surface area contributed by atoms with Crippen LogP contribution in [0.3, 0.4) is 0 Å². The van der Waals surface area contributed by atoms with Gasteiger partial charge < -0.3 is 24.2 Å². The highest BCUT2D eigenvalue weighted by atomic mass is 16.5. The van der Waals surface area contributed by atoms with Crippen LogP contribution >= 0.6 is 0 Å². The van der Waals surface area contributed by atoms with Crippen molar-refractivity contribution in [1.29, 1.82) is 0 Å². The average Bonchev–Trinajstić information content (AvgIpc) is 2.65. The second-order valence-corrected chi connectivity index (χ2v) is 5.70. The molecule has 0 saturated heterocycles. The van der Waals surface area contributed by atoms with Gasteiger partial charge in [-0.15, -0.1) is 0 Å². The number of benzene rings is 2. The van der Waals surface area contributed by atoms with Crippen molar-refractivity contribution in [1.82, 2.24) is 0 Å². The Bertz CT molecular complexity index is 761. The summed E-state index contributed by atoms with van der Waals surface area (Å²) in [5.74, 6) is 1.72. The Balaban J connectivity index is 1.93. The molecule has 1 aliphatic heterocycles. The quantitative estimate of drug-likeness (QED) is 0.872. The number of ether oxygens (including phenoxy) is 3. The molecule has 3 rings (SSSR count). The third kappa shape index (κ3) is 3.39. The maximum absolute atomic E-state index is 12.8. The fourth-order valence-corrected chi connectivity index (χ4v) is 2.90. The number of anilines is 1. The Morgan fingerprint density at radius 3 is 2.60 bits per heavy atom. The molecule has 0 saturated carbocycles. The molecule has 132 valence electrons. The molecule has 0 spiro atoms. The van der Waals surface area contributed by atoms with Gasteiger partial charge in [0.2, 0.25) is 0 Å². The first kappa shape index (κ1) is 17.1. The molecule has 1 atom stereocenters. The van der Waals surface area contributed by atoms with Gasteiger partial charge in [0.25, 0.3) is 5.91 Å². The standard InChI is InChI=1S/C19H21NO5/c1-23-16-8-7-13(11-18(16)24-2)12-20-14-5-3-4-6-15(14)25-17(9-10-21)19(20)22/h3-8,11,17,21H,9-10,12H2,1-2H3. The van der Waals surface area contributed by atoms with Crippen molar-refractivity contribution in [2.24, 2.45) is 0 Å². The molecular weight excluding hydrogens is 322 g/mol. The zero-order chi connectivity index (χ0) is 17.8. The highest BCUT2D eigenvalue weighted by Crippen LogP contribution is 2.36. The van der Waals surface area contributed by atoms with Crippen LogP contribution in [0, 0.1) is 0 Å². The molecule has 1 aliphatic rings. The lowest BCUT2D eigenvalue weighted by Crippen LogP contribution is -2.45. The Labute approximate surface area is 146 Å². The molecule has 1 N–H and O–H groups in total. The van der Waals surface area contributed by atoms with E-state index >= 15 is 0 Å².